The van der Waals surface area contributed by atoms with E-state index < -0.39 is 0 Å². The number of allylic oxidation sites excluding steroid dienone is 1. The van der Waals surface area contributed by atoms with Crippen molar-refractivity contribution in [3.05, 3.63) is 45.6 Å². The van der Waals surface area contributed by atoms with Gasteiger partial charge in [-0.1, -0.05) is 41.9 Å². The number of hydrazine groups is 1. The van der Waals surface area contributed by atoms with E-state index in [1.54, 1.807) is 0 Å². The van der Waals surface area contributed by atoms with Crippen LogP contribution in [0.2, 0.25) is 0 Å². The molecule has 1 heterocycles. The molecule has 0 radical (unpaired) electrons. The summed E-state index contributed by atoms with van der Waals surface area (Å²) in [6.45, 7) is 5.09. The first-order valence-electron chi connectivity index (χ1n) is 7.70. The second-order valence-electron chi connectivity index (χ2n) is 5.40. The molecular formula is C17H23BrN2O2. The number of nitrogens with one attached hydrogen (secondary N) is 1. The maximum Gasteiger partial charge on any atom is 0.337 e. The molecule has 0 amide bonds. The Bertz CT molecular complexity index is 554. The highest BCUT2D eigenvalue weighted by Gasteiger charge is 2.34. The lowest BCUT2D eigenvalue weighted by Crippen LogP contribution is -2.38. The third kappa shape index (κ3) is 3.70. The molecule has 2 rings (SSSR count). The van der Waals surface area contributed by atoms with Crippen LogP contribution in [-0.4, -0.2) is 30.7 Å². The number of hydrogen-bond donors (Lipinski definition) is 1. The van der Waals surface area contributed by atoms with E-state index in [4.69, 9.17) is 4.74 Å². The van der Waals surface area contributed by atoms with Gasteiger partial charge in [0.15, 0.2) is 0 Å². The zero-order valence-corrected chi connectivity index (χ0v) is 14.9. The van der Waals surface area contributed by atoms with Crippen molar-refractivity contribution in [2.24, 2.45) is 0 Å². The highest BCUT2D eigenvalue weighted by Crippen LogP contribution is 2.27. The standard InChI is InChI=1S/C17H23BrN2O2/c1-4-10-20-15(11-12-6-8-13(18)9-7-12)16(17(21)22-3)14(5-2)19-20/h6-9,14,19H,4-5,10-11H2,1-3H3. The van der Waals surface area contributed by atoms with E-state index in [2.05, 4.69) is 52.3 Å². The molecular weight excluding hydrogens is 344 g/mol. The van der Waals surface area contributed by atoms with Gasteiger partial charge in [0.2, 0.25) is 0 Å². The zero-order valence-electron chi connectivity index (χ0n) is 13.4. The minimum atomic E-state index is -0.231. The van der Waals surface area contributed by atoms with Crippen molar-refractivity contribution in [1.29, 1.82) is 0 Å². The number of halogens is 1. The Hall–Kier alpha value is -1.33. The number of rotatable bonds is 6. The normalized spacial score (nSPS) is 18.0. The van der Waals surface area contributed by atoms with Crippen LogP contribution in [0.5, 0.6) is 0 Å². The molecule has 0 spiro atoms. The molecule has 1 aliphatic rings. The molecule has 1 aromatic carbocycles. The summed E-state index contributed by atoms with van der Waals surface area (Å²) >= 11 is 3.45. The van der Waals surface area contributed by atoms with Crippen molar-refractivity contribution in [3.63, 3.8) is 0 Å². The van der Waals surface area contributed by atoms with Gasteiger partial charge in [-0.25, -0.2) is 10.2 Å². The monoisotopic (exact) mass is 366 g/mol. The summed E-state index contributed by atoms with van der Waals surface area (Å²) in [5.41, 5.74) is 6.41. The van der Waals surface area contributed by atoms with Crippen molar-refractivity contribution in [2.75, 3.05) is 13.7 Å². The summed E-state index contributed by atoms with van der Waals surface area (Å²) in [7, 11) is 1.45. The maximum absolute atomic E-state index is 12.2. The lowest BCUT2D eigenvalue weighted by molar-refractivity contribution is -0.136. The lowest BCUT2D eigenvalue weighted by Gasteiger charge is -2.23. The van der Waals surface area contributed by atoms with Gasteiger partial charge in [0.1, 0.15) is 0 Å². The maximum atomic E-state index is 12.2. The quantitative estimate of drug-likeness (QED) is 0.783. The second kappa shape index (κ2) is 7.79. The third-order valence-electron chi connectivity index (χ3n) is 3.84. The van der Waals surface area contributed by atoms with Crippen molar-refractivity contribution < 1.29 is 9.53 Å². The molecule has 0 saturated carbocycles. The fraction of sp³-hybridized carbons (Fsp3) is 0.471. The average Bonchev–Trinajstić information content (AvgIpc) is 2.87. The van der Waals surface area contributed by atoms with Gasteiger partial charge in [-0.2, -0.15) is 0 Å². The highest BCUT2D eigenvalue weighted by atomic mass is 79.9. The van der Waals surface area contributed by atoms with E-state index in [0.717, 1.165) is 41.6 Å². The topological polar surface area (TPSA) is 41.6 Å². The highest BCUT2D eigenvalue weighted by molar-refractivity contribution is 9.10. The van der Waals surface area contributed by atoms with Gasteiger partial charge in [-0.3, -0.25) is 0 Å². The lowest BCUT2D eigenvalue weighted by atomic mass is 10.0. The summed E-state index contributed by atoms with van der Waals surface area (Å²) in [5.74, 6) is -0.231. The Morgan fingerprint density at radius 3 is 2.55 bits per heavy atom. The predicted molar refractivity (Wildman–Crippen MR) is 91.1 cm³/mol. The summed E-state index contributed by atoms with van der Waals surface area (Å²) in [6.07, 6.45) is 2.59. The van der Waals surface area contributed by atoms with Gasteiger partial charge < -0.3 is 9.75 Å². The minimum absolute atomic E-state index is 0.0319. The van der Waals surface area contributed by atoms with Crippen molar-refractivity contribution >= 4 is 21.9 Å². The van der Waals surface area contributed by atoms with Crippen molar-refractivity contribution in [3.8, 4) is 0 Å². The minimum Gasteiger partial charge on any atom is -0.466 e. The Morgan fingerprint density at radius 1 is 1.32 bits per heavy atom. The first kappa shape index (κ1) is 17.0. The summed E-state index contributed by atoms with van der Waals surface area (Å²) < 4.78 is 6.06. The largest absolute Gasteiger partial charge is 0.466 e. The second-order valence-corrected chi connectivity index (χ2v) is 6.31. The zero-order chi connectivity index (χ0) is 16.1. The van der Waals surface area contributed by atoms with E-state index in [-0.39, 0.29) is 12.0 Å². The number of carbonyl (C=O) groups excluding carboxylic acids is 1. The number of hydrogen-bond acceptors (Lipinski definition) is 4. The van der Waals surface area contributed by atoms with Crippen molar-refractivity contribution in [2.45, 2.75) is 39.2 Å². The molecule has 4 nitrogen and oxygen atoms in total. The summed E-state index contributed by atoms with van der Waals surface area (Å²) in [5, 5.41) is 2.11. The Balaban J connectivity index is 2.36. The van der Waals surface area contributed by atoms with Crippen LogP contribution in [0, 0.1) is 0 Å². The number of ether oxygens (including phenoxy) is 1. The van der Waals surface area contributed by atoms with Crippen molar-refractivity contribution in [1.82, 2.24) is 10.4 Å². The van der Waals surface area contributed by atoms with Gasteiger partial charge in [-0.05, 0) is 30.5 Å². The first-order chi connectivity index (χ1) is 10.6. The first-order valence-corrected chi connectivity index (χ1v) is 8.49. The van der Waals surface area contributed by atoms with Gasteiger partial charge in [-0.15, -0.1) is 0 Å². The smallest absolute Gasteiger partial charge is 0.337 e. The average molecular weight is 367 g/mol. The number of esters is 1. The van der Waals surface area contributed by atoms with Gasteiger partial charge in [0, 0.05) is 23.1 Å². The van der Waals surface area contributed by atoms with E-state index in [0.29, 0.717) is 0 Å². The predicted octanol–water partition coefficient (Wildman–Crippen LogP) is 3.43. The van der Waals surface area contributed by atoms with Gasteiger partial charge >= 0.3 is 5.97 Å². The molecule has 120 valence electrons. The van der Waals surface area contributed by atoms with E-state index in [9.17, 15) is 4.79 Å². The number of methoxy groups -OCH3 is 1. The van der Waals surface area contributed by atoms with Crippen LogP contribution in [0.25, 0.3) is 0 Å². The fourth-order valence-electron chi connectivity index (χ4n) is 2.75. The molecule has 0 saturated heterocycles. The Labute approximate surface area is 140 Å². The van der Waals surface area contributed by atoms with Crippen LogP contribution in [0.15, 0.2) is 40.0 Å². The van der Waals surface area contributed by atoms with E-state index in [1.165, 1.54) is 12.7 Å². The van der Waals surface area contributed by atoms with E-state index >= 15 is 0 Å². The summed E-state index contributed by atoms with van der Waals surface area (Å²) in [4.78, 5) is 12.2. The molecule has 0 aromatic heterocycles. The van der Waals surface area contributed by atoms with Gasteiger partial charge in [0.05, 0.1) is 18.7 Å². The molecule has 0 bridgehead atoms. The molecule has 5 heteroatoms. The van der Waals surface area contributed by atoms with E-state index in [1.807, 2.05) is 12.1 Å². The number of benzene rings is 1. The molecule has 1 atom stereocenters. The SMILES string of the molecule is CCCN1NC(CC)C(C(=O)OC)=C1Cc1ccc(Br)cc1. The van der Waals surface area contributed by atoms with Crippen LogP contribution in [0.1, 0.15) is 32.3 Å². The molecule has 1 N–H and O–H groups in total. The van der Waals surface area contributed by atoms with Crippen LogP contribution in [0.3, 0.4) is 0 Å². The van der Waals surface area contributed by atoms with Crippen LogP contribution in [0.4, 0.5) is 0 Å². The third-order valence-corrected chi connectivity index (χ3v) is 4.37. The van der Waals surface area contributed by atoms with Crippen LogP contribution in [-0.2, 0) is 16.0 Å². The molecule has 22 heavy (non-hydrogen) atoms. The summed E-state index contributed by atoms with van der Waals surface area (Å²) in [6, 6.07) is 8.24. The molecule has 1 aliphatic heterocycles. The molecule has 1 aromatic rings. The van der Waals surface area contributed by atoms with Crippen LogP contribution < -0.4 is 5.43 Å². The van der Waals surface area contributed by atoms with Crippen LogP contribution >= 0.6 is 15.9 Å². The number of carbonyl (C=O) groups is 1. The Kier molecular flexibility index (Phi) is 6.03. The molecule has 0 fully saturated rings. The molecule has 0 aliphatic carbocycles. The fourth-order valence-corrected chi connectivity index (χ4v) is 3.02. The van der Waals surface area contributed by atoms with Gasteiger partial charge in [0.25, 0.3) is 0 Å². The number of nitrogens with zero attached hydrogens (tertiary/aromatic N) is 1. The molecule has 1 unspecified atom stereocenters. The Morgan fingerprint density at radius 2 is 2.00 bits per heavy atom.